The smallest absolute Gasteiger partial charge is 0.00815 e. The van der Waals surface area contributed by atoms with Crippen LogP contribution in [0.1, 0.15) is 64.2 Å². The number of hydrogen-bond donors (Lipinski definition) is 0. The molecule has 0 nitrogen and oxygen atoms in total. The van der Waals surface area contributed by atoms with Crippen LogP contribution >= 0.6 is 7.92 Å². The lowest BCUT2D eigenvalue weighted by atomic mass is 9.56. The van der Waals surface area contributed by atoms with E-state index in [1.54, 1.807) is 64.2 Å². The van der Waals surface area contributed by atoms with E-state index < -0.39 is 0 Å². The second-order valence-corrected chi connectivity index (χ2v) is 11.2. The lowest BCUT2D eigenvalue weighted by molar-refractivity contribution is 0.0353. The monoisotopic (exact) mass is 248 g/mol. The summed E-state index contributed by atoms with van der Waals surface area (Å²) in [5, 5.41) is 0.951. The Morgan fingerprint density at radius 3 is 1.41 bits per heavy atom. The van der Waals surface area contributed by atoms with E-state index in [2.05, 4.69) is 0 Å². The Bertz CT molecular complexity index is 292. The maximum atomic E-state index is 1.69. The van der Waals surface area contributed by atoms with Crippen LogP contribution in [0.4, 0.5) is 0 Å². The maximum Gasteiger partial charge on any atom is -0.00815 e. The van der Waals surface area contributed by atoms with Crippen molar-refractivity contribution in [2.24, 2.45) is 17.8 Å². The average Bonchev–Trinajstić information content (AvgIpc) is 3.08. The van der Waals surface area contributed by atoms with Gasteiger partial charge in [0, 0.05) is 0 Å². The first kappa shape index (κ1) is 10.2. The molecule has 0 heterocycles. The minimum Gasteiger partial charge on any atom is -0.0939 e. The van der Waals surface area contributed by atoms with E-state index in [9.17, 15) is 0 Å². The molecule has 17 heavy (non-hydrogen) atoms. The van der Waals surface area contributed by atoms with Crippen LogP contribution < -0.4 is 0 Å². The van der Waals surface area contributed by atoms with Crippen LogP contribution in [0.25, 0.3) is 0 Å². The zero-order valence-electron chi connectivity index (χ0n) is 10.9. The van der Waals surface area contributed by atoms with Crippen molar-refractivity contribution in [1.82, 2.24) is 0 Å². The third-order valence-electron chi connectivity index (χ3n) is 6.43. The molecule has 0 aromatic heterocycles. The first-order valence-corrected chi connectivity index (χ1v) is 9.59. The second-order valence-electron chi connectivity index (χ2n) is 8.01. The van der Waals surface area contributed by atoms with Crippen molar-refractivity contribution < 1.29 is 0 Å². The number of rotatable bonds is 3. The van der Waals surface area contributed by atoms with Crippen molar-refractivity contribution in [3.8, 4) is 0 Å². The molecule has 6 fully saturated rings. The standard InChI is InChI=1S/C16H25P/c1-2-14(1)17(15-3-4-15)16-8-11-5-12(9-16)7-13(6-11)10-16/h11-15H,1-10H2. The lowest BCUT2D eigenvalue weighted by Crippen LogP contribution is -2.50. The summed E-state index contributed by atoms with van der Waals surface area (Å²) >= 11 is 0. The molecule has 6 aliphatic rings. The first-order valence-electron chi connectivity index (χ1n) is 8.11. The molecule has 94 valence electrons. The van der Waals surface area contributed by atoms with Crippen molar-refractivity contribution in [3.63, 3.8) is 0 Å². The molecule has 0 spiro atoms. The third kappa shape index (κ3) is 1.52. The van der Waals surface area contributed by atoms with Crippen molar-refractivity contribution in [2.45, 2.75) is 80.7 Å². The molecule has 0 aliphatic heterocycles. The van der Waals surface area contributed by atoms with Gasteiger partial charge in [0.05, 0.1) is 0 Å². The molecule has 0 radical (unpaired) electrons. The van der Waals surface area contributed by atoms with Gasteiger partial charge in [-0.1, -0.05) is 7.92 Å². The van der Waals surface area contributed by atoms with Crippen molar-refractivity contribution in [1.29, 1.82) is 0 Å². The van der Waals surface area contributed by atoms with Crippen LogP contribution in [0.5, 0.6) is 0 Å². The van der Waals surface area contributed by atoms with Gasteiger partial charge in [-0.3, -0.25) is 0 Å². The molecular weight excluding hydrogens is 223 g/mol. The molecular formula is C16H25P. The van der Waals surface area contributed by atoms with Gasteiger partial charge in [-0.25, -0.2) is 0 Å². The van der Waals surface area contributed by atoms with Crippen LogP contribution in [-0.2, 0) is 0 Å². The minimum atomic E-state index is 0.469. The van der Waals surface area contributed by atoms with Crippen LogP contribution in [0, 0.1) is 17.8 Å². The minimum absolute atomic E-state index is 0.469. The summed E-state index contributed by atoms with van der Waals surface area (Å²) in [5.74, 6) is 3.55. The molecule has 0 aromatic rings. The van der Waals surface area contributed by atoms with Gasteiger partial charge in [0.25, 0.3) is 0 Å². The van der Waals surface area contributed by atoms with E-state index in [4.69, 9.17) is 0 Å². The predicted octanol–water partition coefficient (Wildman–Crippen LogP) is 4.76. The van der Waals surface area contributed by atoms with Crippen LogP contribution in [0.3, 0.4) is 0 Å². The van der Waals surface area contributed by atoms with Gasteiger partial charge in [-0.05, 0) is 98.4 Å². The quantitative estimate of drug-likeness (QED) is 0.631. The fraction of sp³-hybridized carbons (Fsp3) is 1.00. The molecule has 0 saturated heterocycles. The van der Waals surface area contributed by atoms with Gasteiger partial charge in [-0.15, -0.1) is 0 Å². The van der Waals surface area contributed by atoms with Gasteiger partial charge in [0.2, 0.25) is 0 Å². The average molecular weight is 248 g/mol. The van der Waals surface area contributed by atoms with Crippen LogP contribution in [0.2, 0.25) is 0 Å². The highest BCUT2D eigenvalue weighted by molar-refractivity contribution is 7.61. The van der Waals surface area contributed by atoms with E-state index in [1.165, 1.54) is 29.1 Å². The van der Waals surface area contributed by atoms with Gasteiger partial charge >= 0.3 is 0 Å². The Morgan fingerprint density at radius 1 is 0.647 bits per heavy atom. The fourth-order valence-electron chi connectivity index (χ4n) is 6.16. The highest BCUT2D eigenvalue weighted by Crippen LogP contribution is 2.78. The zero-order valence-corrected chi connectivity index (χ0v) is 11.8. The molecule has 6 saturated carbocycles. The normalized spacial score (nSPS) is 52.4. The topological polar surface area (TPSA) is 0 Å². The largest absolute Gasteiger partial charge is 0.0939 e. The Kier molecular flexibility index (Phi) is 1.99. The molecule has 6 rings (SSSR count). The second kappa shape index (κ2) is 3.30. The van der Waals surface area contributed by atoms with Crippen molar-refractivity contribution >= 4 is 7.92 Å². The first-order chi connectivity index (χ1) is 8.32. The Hall–Kier alpha value is 0.430. The Morgan fingerprint density at radius 2 is 1.06 bits per heavy atom. The molecule has 0 amide bonds. The van der Waals surface area contributed by atoms with Gasteiger partial charge in [-0.2, -0.15) is 0 Å². The summed E-state index contributed by atoms with van der Waals surface area (Å²) in [4.78, 5) is 0. The molecule has 0 aromatic carbocycles. The summed E-state index contributed by atoms with van der Waals surface area (Å²) in [6.07, 6.45) is 16.5. The third-order valence-corrected chi connectivity index (χ3v) is 10.7. The van der Waals surface area contributed by atoms with Gasteiger partial charge < -0.3 is 0 Å². The summed E-state index contributed by atoms with van der Waals surface area (Å²) in [6.45, 7) is 0. The maximum absolute atomic E-state index is 1.69. The van der Waals surface area contributed by atoms with Crippen LogP contribution in [0.15, 0.2) is 0 Å². The SMILES string of the molecule is C1C2CC3CC1CC(P(C1CC1)C1CC1)(C2)C3. The van der Waals surface area contributed by atoms with Gasteiger partial charge in [0.15, 0.2) is 0 Å². The van der Waals surface area contributed by atoms with E-state index in [1.807, 2.05) is 0 Å². The summed E-state index contributed by atoms with van der Waals surface area (Å²) in [5.41, 5.74) is 2.52. The predicted molar refractivity (Wildman–Crippen MR) is 73.9 cm³/mol. The summed E-state index contributed by atoms with van der Waals surface area (Å²) < 4.78 is 0. The van der Waals surface area contributed by atoms with E-state index in [0.717, 1.165) is 5.16 Å². The molecule has 0 atom stereocenters. The summed E-state index contributed by atoms with van der Waals surface area (Å²) in [7, 11) is 0.469. The molecule has 1 heteroatoms. The van der Waals surface area contributed by atoms with Gasteiger partial charge in [0.1, 0.15) is 0 Å². The molecule has 0 unspecified atom stereocenters. The Balaban J connectivity index is 1.51. The Labute approximate surface area is 107 Å². The van der Waals surface area contributed by atoms with Crippen LogP contribution in [-0.4, -0.2) is 16.5 Å². The molecule has 0 N–H and O–H groups in total. The highest BCUT2D eigenvalue weighted by Gasteiger charge is 2.59. The van der Waals surface area contributed by atoms with E-state index in [-0.39, 0.29) is 0 Å². The summed E-state index contributed by atoms with van der Waals surface area (Å²) in [6, 6.07) is 0. The highest BCUT2D eigenvalue weighted by atomic mass is 31.1. The lowest BCUT2D eigenvalue weighted by Gasteiger charge is -2.60. The van der Waals surface area contributed by atoms with E-state index >= 15 is 0 Å². The fourth-order valence-corrected chi connectivity index (χ4v) is 11.1. The van der Waals surface area contributed by atoms with Crippen molar-refractivity contribution in [2.75, 3.05) is 0 Å². The zero-order chi connectivity index (χ0) is 11.0. The molecule has 6 aliphatic carbocycles. The van der Waals surface area contributed by atoms with E-state index in [0.29, 0.717) is 7.92 Å². The number of hydrogen-bond acceptors (Lipinski definition) is 0. The van der Waals surface area contributed by atoms with Crippen molar-refractivity contribution in [3.05, 3.63) is 0 Å². The molecule has 4 bridgehead atoms.